The van der Waals surface area contributed by atoms with E-state index >= 15 is 0 Å². The number of carbonyl (C=O) groups is 2. The third-order valence-electron chi connectivity index (χ3n) is 4.55. The summed E-state index contributed by atoms with van der Waals surface area (Å²) in [5, 5.41) is 11.4. The highest BCUT2D eigenvalue weighted by molar-refractivity contribution is 8.26. The monoisotopic (exact) mass is 450 g/mol. The lowest BCUT2D eigenvalue weighted by atomic mass is 10.1. The van der Waals surface area contributed by atoms with Crippen LogP contribution >= 0.6 is 24.0 Å². The van der Waals surface area contributed by atoms with Crippen molar-refractivity contribution in [3.63, 3.8) is 0 Å². The Morgan fingerprint density at radius 3 is 2.55 bits per heavy atom. The number of amides is 2. The Morgan fingerprint density at radius 1 is 1.10 bits per heavy atom. The number of benzene rings is 2. The second kappa shape index (κ2) is 9.30. The summed E-state index contributed by atoms with van der Waals surface area (Å²) in [5.41, 5.74) is 2.41. The number of aliphatic hydroxyl groups is 1. The van der Waals surface area contributed by atoms with E-state index in [1.807, 2.05) is 36.4 Å². The lowest BCUT2D eigenvalue weighted by molar-refractivity contribution is -0.122. The van der Waals surface area contributed by atoms with Crippen molar-refractivity contribution in [2.75, 3.05) is 11.9 Å². The molecule has 0 atom stereocenters. The molecule has 1 saturated heterocycles. The van der Waals surface area contributed by atoms with E-state index in [9.17, 15) is 9.59 Å². The minimum atomic E-state index is -0.569. The molecule has 0 bridgehead atoms. The first-order valence-corrected chi connectivity index (χ1v) is 10.7. The highest BCUT2D eigenvalue weighted by Crippen LogP contribution is 2.34. The van der Waals surface area contributed by atoms with E-state index < -0.39 is 12.5 Å². The summed E-state index contributed by atoms with van der Waals surface area (Å²) in [6.07, 6.45) is 1.70. The van der Waals surface area contributed by atoms with Gasteiger partial charge in [-0.05, 0) is 42.0 Å². The molecule has 4 rings (SSSR count). The molecule has 8 heteroatoms. The fourth-order valence-electron chi connectivity index (χ4n) is 3.04. The Bertz CT molecular complexity index is 1150. The van der Waals surface area contributed by atoms with Gasteiger partial charge in [-0.25, -0.2) is 0 Å². The number of aliphatic hydroxyl groups excluding tert-OH is 1. The Hall–Kier alpha value is -3.20. The van der Waals surface area contributed by atoms with Gasteiger partial charge >= 0.3 is 0 Å². The van der Waals surface area contributed by atoms with Crippen molar-refractivity contribution in [3.8, 4) is 11.3 Å². The SMILES string of the molecule is O=C(CO)Nc1ccc(-c2ccc(/C=C3\SC(=S)N(Cc4ccccc4)C3=O)o2)cc1. The van der Waals surface area contributed by atoms with Crippen LogP contribution in [0.2, 0.25) is 0 Å². The van der Waals surface area contributed by atoms with Crippen LogP contribution in [-0.4, -0.2) is 32.7 Å². The molecule has 1 aliphatic heterocycles. The summed E-state index contributed by atoms with van der Waals surface area (Å²) >= 11 is 6.65. The van der Waals surface area contributed by atoms with Crippen molar-refractivity contribution >= 4 is 51.9 Å². The van der Waals surface area contributed by atoms with Crippen LogP contribution < -0.4 is 5.32 Å². The van der Waals surface area contributed by atoms with Gasteiger partial charge in [-0.3, -0.25) is 14.5 Å². The van der Waals surface area contributed by atoms with Crippen LogP contribution in [0.15, 0.2) is 76.1 Å². The minimum absolute atomic E-state index is 0.138. The molecule has 0 unspecified atom stereocenters. The maximum atomic E-state index is 12.8. The number of thiocarbonyl (C=S) groups is 1. The van der Waals surface area contributed by atoms with E-state index in [4.69, 9.17) is 21.7 Å². The van der Waals surface area contributed by atoms with Gasteiger partial charge in [0.25, 0.3) is 5.91 Å². The molecule has 31 heavy (non-hydrogen) atoms. The second-order valence-electron chi connectivity index (χ2n) is 6.74. The Labute approximate surface area is 188 Å². The van der Waals surface area contributed by atoms with E-state index in [1.54, 1.807) is 41.3 Å². The first-order chi connectivity index (χ1) is 15.0. The summed E-state index contributed by atoms with van der Waals surface area (Å²) in [7, 11) is 0. The van der Waals surface area contributed by atoms with E-state index in [0.717, 1.165) is 11.1 Å². The zero-order valence-corrected chi connectivity index (χ0v) is 17.9. The highest BCUT2D eigenvalue weighted by atomic mass is 32.2. The molecule has 1 aromatic heterocycles. The van der Waals surface area contributed by atoms with Crippen LogP contribution in [0.1, 0.15) is 11.3 Å². The van der Waals surface area contributed by atoms with Gasteiger partial charge in [0.2, 0.25) is 5.91 Å². The smallest absolute Gasteiger partial charge is 0.266 e. The molecule has 2 aromatic carbocycles. The number of hydrogen-bond donors (Lipinski definition) is 2. The van der Waals surface area contributed by atoms with Crippen molar-refractivity contribution in [2.24, 2.45) is 0 Å². The third kappa shape index (κ3) is 4.93. The fourth-order valence-corrected chi connectivity index (χ4v) is 4.27. The molecular formula is C23H18N2O4S2. The number of thioether (sulfide) groups is 1. The van der Waals surface area contributed by atoms with Gasteiger partial charge in [0.15, 0.2) is 0 Å². The number of carbonyl (C=O) groups excluding carboxylic acids is 2. The summed E-state index contributed by atoms with van der Waals surface area (Å²) in [5.74, 6) is 0.567. The van der Waals surface area contributed by atoms with E-state index in [2.05, 4.69) is 5.32 Å². The molecule has 1 fully saturated rings. The second-order valence-corrected chi connectivity index (χ2v) is 8.41. The van der Waals surface area contributed by atoms with Crippen LogP contribution in [0, 0.1) is 0 Å². The molecule has 1 aliphatic rings. The molecule has 3 aromatic rings. The average molecular weight is 451 g/mol. The molecule has 0 saturated carbocycles. The molecule has 2 amide bonds. The first kappa shape index (κ1) is 21.0. The van der Waals surface area contributed by atoms with E-state index in [-0.39, 0.29) is 5.91 Å². The van der Waals surface area contributed by atoms with Gasteiger partial charge in [0.1, 0.15) is 22.4 Å². The van der Waals surface area contributed by atoms with Gasteiger partial charge < -0.3 is 14.8 Å². The van der Waals surface area contributed by atoms with Gasteiger partial charge in [-0.2, -0.15) is 0 Å². The molecule has 156 valence electrons. The number of nitrogens with zero attached hydrogens (tertiary/aromatic N) is 1. The van der Waals surface area contributed by atoms with Crippen LogP contribution in [0.4, 0.5) is 5.69 Å². The largest absolute Gasteiger partial charge is 0.457 e. The number of anilines is 1. The molecule has 0 aliphatic carbocycles. The zero-order valence-electron chi connectivity index (χ0n) is 16.3. The zero-order chi connectivity index (χ0) is 21.8. The Morgan fingerprint density at radius 2 is 1.84 bits per heavy atom. The summed E-state index contributed by atoms with van der Waals surface area (Å²) in [4.78, 5) is 26.2. The predicted molar refractivity (Wildman–Crippen MR) is 125 cm³/mol. The average Bonchev–Trinajstić information content (AvgIpc) is 3.35. The molecular weight excluding hydrogens is 432 g/mol. The number of furan rings is 1. The molecule has 0 radical (unpaired) electrons. The molecule has 0 spiro atoms. The lowest BCUT2D eigenvalue weighted by Gasteiger charge is -2.14. The van der Waals surface area contributed by atoms with Gasteiger partial charge in [-0.15, -0.1) is 0 Å². The van der Waals surface area contributed by atoms with Crippen molar-refractivity contribution in [2.45, 2.75) is 6.54 Å². The number of nitrogens with one attached hydrogen (secondary N) is 1. The topological polar surface area (TPSA) is 82.8 Å². The summed E-state index contributed by atoms with van der Waals surface area (Å²) in [6, 6.07) is 20.4. The predicted octanol–water partition coefficient (Wildman–Crippen LogP) is 4.28. The van der Waals surface area contributed by atoms with Crippen molar-refractivity contribution in [1.29, 1.82) is 0 Å². The van der Waals surface area contributed by atoms with Gasteiger partial charge in [-0.1, -0.05) is 54.3 Å². The quantitative estimate of drug-likeness (QED) is 0.431. The number of hydrogen-bond acceptors (Lipinski definition) is 6. The van der Waals surface area contributed by atoms with Crippen LogP contribution in [0.3, 0.4) is 0 Å². The molecule has 2 heterocycles. The van der Waals surface area contributed by atoms with Crippen LogP contribution in [0.5, 0.6) is 0 Å². The Balaban J connectivity index is 1.47. The Kier molecular flexibility index (Phi) is 6.31. The molecule has 6 nitrogen and oxygen atoms in total. The maximum Gasteiger partial charge on any atom is 0.266 e. The standard InChI is InChI=1S/C23H18N2O4S2/c26-14-21(27)24-17-8-6-16(7-9-17)19-11-10-18(29-19)12-20-22(28)25(23(30)31-20)13-15-4-2-1-3-5-15/h1-12,26H,13-14H2,(H,24,27)/b20-12-. The maximum absolute atomic E-state index is 12.8. The van der Waals surface area contributed by atoms with Crippen molar-refractivity contribution < 1.29 is 19.1 Å². The highest BCUT2D eigenvalue weighted by Gasteiger charge is 2.32. The molecule has 2 N–H and O–H groups in total. The van der Waals surface area contributed by atoms with Crippen molar-refractivity contribution in [1.82, 2.24) is 4.90 Å². The fraction of sp³-hybridized carbons (Fsp3) is 0.0870. The van der Waals surface area contributed by atoms with Crippen LogP contribution in [0.25, 0.3) is 17.4 Å². The third-order valence-corrected chi connectivity index (χ3v) is 5.93. The van der Waals surface area contributed by atoms with Gasteiger partial charge in [0.05, 0.1) is 11.4 Å². The number of rotatable bonds is 6. The van der Waals surface area contributed by atoms with Gasteiger partial charge in [0, 0.05) is 17.3 Å². The lowest BCUT2D eigenvalue weighted by Crippen LogP contribution is -2.27. The van der Waals surface area contributed by atoms with Crippen LogP contribution in [-0.2, 0) is 16.1 Å². The summed E-state index contributed by atoms with van der Waals surface area (Å²) in [6.45, 7) is -0.133. The minimum Gasteiger partial charge on any atom is -0.457 e. The van der Waals surface area contributed by atoms with E-state index in [0.29, 0.717) is 33.0 Å². The first-order valence-electron chi connectivity index (χ1n) is 9.44. The summed E-state index contributed by atoms with van der Waals surface area (Å²) < 4.78 is 6.40. The normalized spacial score (nSPS) is 15.0. The van der Waals surface area contributed by atoms with Crippen molar-refractivity contribution in [3.05, 3.63) is 83.0 Å². The van der Waals surface area contributed by atoms with E-state index in [1.165, 1.54) is 11.8 Å².